The maximum atomic E-state index is 2.60. The summed E-state index contributed by atoms with van der Waals surface area (Å²) in [6, 6.07) is 48.9. The predicted octanol–water partition coefficient (Wildman–Crippen LogP) is 27.8. The zero-order chi connectivity index (χ0) is 57.2. The molecule has 4 aromatic rings. The molecule has 0 aliphatic carbocycles. The van der Waals surface area contributed by atoms with E-state index in [0.29, 0.717) is 23.7 Å². The molecule has 0 saturated carbocycles. The normalized spacial score (nSPS) is 13.3. The first-order valence-corrected chi connectivity index (χ1v) is 36.4. The van der Waals surface area contributed by atoms with Crippen molar-refractivity contribution in [2.24, 2.45) is 11.3 Å². The van der Waals surface area contributed by atoms with Crippen molar-refractivity contribution < 1.29 is 0 Å². The maximum Gasteiger partial charge on any atom is 0.0154 e. The van der Waals surface area contributed by atoms with Crippen molar-refractivity contribution in [2.45, 2.75) is 354 Å². The summed E-state index contributed by atoms with van der Waals surface area (Å²) in [5.74, 6) is 1.86. The first-order valence-electron chi connectivity index (χ1n) is 36.4. The molecule has 0 radical (unpaired) electrons. The Hall–Kier alpha value is -3.12. The second kappa shape index (κ2) is 49.2. The fourth-order valence-electron chi connectivity index (χ4n) is 14.9. The molecule has 0 heteroatoms. The lowest BCUT2D eigenvalue weighted by Gasteiger charge is -2.54. The maximum absolute atomic E-state index is 2.60. The van der Waals surface area contributed by atoms with Crippen molar-refractivity contribution in [3.63, 3.8) is 0 Å². The Kier molecular flexibility index (Phi) is 42.7. The minimum atomic E-state index is -0.00146. The molecule has 0 aliphatic rings. The van der Waals surface area contributed by atoms with Crippen LogP contribution in [0.4, 0.5) is 0 Å². The van der Waals surface area contributed by atoms with Gasteiger partial charge in [-0.25, -0.2) is 0 Å². The molecule has 0 fully saturated rings. The molecule has 0 saturated heterocycles. The largest absolute Gasteiger partial charge is 0.0654 e. The molecule has 0 N–H and O–H groups in total. The van der Waals surface area contributed by atoms with Gasteiger partial charge in [-0.2, -0.15) is 0 Å². The topological polar surface area (TPSA) is 0 Å². The standard InChI is InChI=1S/C81H132/c1-5-9-13-17-21-25-29-33-37-41-57-69-78(70-58-42-38-34-30-26-22-18-14-10-6-2)81(80(75-64-53-46-54-65-75)76-66-55-47-56-67-76,72-77(73-60-49-44-50-61-73)68-48-40-36-32-28-24-20-16-12-8-4)79(74-62-51-45-52-63-74)71-59-43-39-35-31-27-23-19-15-11-7-3/h44-47,49-56,60-67,77-80H,5-43,48,57-59,68-72H2,1-4H3. The minimum Gasteiger partial charge on any atom is -0.0654 e. The SMILES string of the molecule is CCCCCCCCCCCCCC(CCCCCCCCCCCCC)C(CC(CCCCCCCCCCCC)c1ccccc1)(C(CCCCCCCCCCCCC)c1ccccc1)C(c1ccccc1)c1ccccc1. The number of hydrogen-bond acceptors (Lipinski definition) is 0. The molecule has 0 amide bonds. The first kappa shape index (κ1) is 70.4. The molecule has 0 heterocycles. The van der Waals surface area contributed by atoms with Crippen molar-refractivity contribution in [2.75, 3.05) is 0 Å². The molecule has 3 atom stereocenters. The molecule has 0 bridgehead atoms. The summed E-state index contributed by atoms with van der Waals surface area (Å²) in [5.41, 5.74) is 6.32. The number of hydrogen-bond donors (Lipinski definition) is 0. The monoisotopic (exact) mass is 1110 g/mol. The van der Waals surface area contributed by atoms with Crippen LogP contribution in [0.5, 0.6) is 0 Å². The molecule has 4 rings (SSSR count). The Labute approximate surface area is 505 Å². The lowest BCUT2D eigenvalue weighted by atomic mass is 9.49. The highest BCUT2D eigenvalue weighted by Crippen LogP contribution is 2.63. The van der Waals surface area contributed by atoms with Crippen LogP contribution in [0.15, 0.2) is 121 Å². The van der Waals surface area contributed by atoms with Gasteiger partial charge in [0.1, 0.15) is 0 Å². The van der Waals surface area contributed by atoms with Gasteiger partial charge in [-0.3, -0.25) is 0 Å². The molecular formula is C81H132. The van der Waals surface area contributed by atoms with Gasteiger partial charge in [-0.15, -0.1) is 0 Å². The minimum absolute atomic E-state index is 0.00146. The van der Waals surface area contributed by atoms with Gasteiger partial charge in [0.2, 0.25) is 0 Å². The van der Waals surface area contributed by atoms with Crippen LogP contribution in [0.3, 0.4) is 0 Å². The van der Waals surface area contributed by atoms with E-state index in [1.165, 1.54) is 308 Å². The highest BCUT2D eigenvalue weighted by atomic mass is 14.6. The summed E-state index contributed by atoms with van der Waals surface area (Å²) in [6.07, 6.45) is 66.8. The Morgan fingerprint density at radius 2 is 0.469 bits per heavy atom. The molecule has 81 heavy (non-hydrogen) atoms. The predicted molar refractivity (Wildman–Crippen MR) is 363 cm³/mol. The van der Waals surface area contributed by atoms with Gasteiger partial charge in [0, 0.05) is 5.92 Å². The van der Waals surface area contributed by atoms with Gasteiger partial charge >= 0.3 is 0 Å². The number of benzene rings is 4. The van der Waals surface area contributed by atoms with Gasteiger partial charge in [-0.05, 0) is 77.5 Å². The molecular weight excluding hydrogens is 973 g/mol. The van der Waals surface area contributed by atoms with Crippen LogP contribution in [0.25, 0.3) is 0 Å². The van der Waals surface area contributed by atoms with Crippen LogP contribution in [-0.2, 0) is 0 Å². The fraction of sp³-hybridized carbons (Fsp3) is 0.704. The van der Waals surface area contributed by atoms with Gasteiger partial charge < -0.3 is 0 Å². The lowest BCUT2D eigenvalue weighted by Crippen LogP contribution is -2.44. The Bertz CT molecular complexity index is 1830. The van der Waals surface area contributed by atoms with E-state index >= 15 is 0 Å². The van der Waals surface area contributed by atoms with E-state index in [1.807, 2.05) is 0 Å². The molecule has 0 spiro atoms. The second-order valence-electron chi connectivity index (χ2n) is 26.3. The number of unbranched alkanes of at least 4 members (excludes halogenated alkanes) is 39. The summed E-state index contributed by atoms with van der Waals surface area (Å²) < 4.78 is 0. The van der Waals surface area contributed by atoms with Crippen LogP contribution in [0, 0.1) is 11.3 Å². The summed E-state index contributed by atoms with van der Waals surface area (Å²) in [7, 11) is 0. The van der Waals surface area contributed by atoms with E-state index in [-0.39, 0.29) is 5.41 Å². The zero-order valence-electron chi connectivity index (χ0n) is 54.3. The van der Waals surface area contributed by atoms with Crippen LogP contribution in [0.2, 0.25) is 0 Å². The van der Waals surface area contributed by atoms with Gasteiger partial charge in [0.15, 0.2) is 0 Å². The molecule has 3 unspecified atom stereocenters. The summed E-state index contributed by atoms with van der Waals surface area (Å²) >= 11 is 0. The molecule has 0 aromatic heterocycles. The Morgan fingerprint density at radius 3 is 0.765 bits per heavy atom. The highest BCUT2D eigenvalue weighted by molar-refractivity contribution is 5.40. The quantitative estimate of drug-likeness (QED) is 0.0387. The third-order valence-electron chi connectivity index (χ3n) is 19.6. The van der Waals surface area contributed by atoms with Crippen molar-refractivity contribution >= 4 is 0 Å². The highest BCUT2D eigenvalue weighted by Gasteiger charge is 2.52. The summed E-state index contributed by atoms with van der Waals surface area (Å²) in [4.78, 5) is 0. The average Bonchev–Trinajstić information content (AvgIpc) is 3.60. The van der Waals surface area contributed by atoms with E-state index in [9.17, 15) is 0 Å². The molecule has 456 valence electrons. The lowest BCUT2D eigenvalue weighted by molar-refractivity contribution is 0.0443. The summed E-state index contributed by atoms with van der Waals surface area (Å²) in [6.45, 7) is 9.38. The van der Waals surface area contributed by atoms with Crippen LogP contribution < -0.4 is 0 Å². The first-order chi connectivity index (χ1) is 40.2. The van der Waals surface area contributed by atoms with Gasteiger partial charge in [-0.1, -0.05) is 425 Å². The van der Waals surface area contributed by atoms with Crippen LogP contribution in [0.1, 0.15) is 376 Å². The van der Waals surface area contributed by atoms with Crippen molar-refractivity contribution in [3.05, 3.63) is 144 Å². The van der Waals surface area contributed by atoms with E-state index in [1.54, 1.807) is 22.3 Å². The number of rotatable bonds is 56. The second-order valence-corrected chi connectivity index (χ2v) is 26.3. The van der Waals surface area contributed by atoms with Crippen molar-refractivity contribution in [1.29, 1.82) is 0 Å². The Balaban J connectivity index is 1.83. The third-order valence-corrected chi connectivity index (χ3v) is 19.6. The average molecular weight is 1110 g/mol. The van der Waals surface area contributed by atoms with Gasteiger partial charge in [0.05, 0.1) is 0 Å². The van der Waals surface area contributed by atoms with Crippen molar-refractivity contribution in [1.82, 2.24) is 0 Å². The van der Waals surface area contributed by atoms with E-state index in [0.717, 1.165) is 0 Å². The molecule has 0 nitrogen and oxygen atoms in total. The summed E-state index contributed by atoms with van der Waals surface area (Å²) in [5, 5.41) is 0. The Morgan fingerprint density at radius 1 is 0.235 bits per heavy atom. The van der Waals surface area contributed by atoms with E-state index < -0.39 is 0 Å². The zero-order valence-corrected chi connectivity index (χ0v) is 54.3. The van der Waals surface area contributed by atoms with Crippen LogP contribution >= 0.6 is 0 Å². The van der Waals surface area contributed by atoms with E-state index in [4.69, 9.17) is 0 Å². The fourth-order valence-corrected chi connectivity index (χ4v) is 14.9. The van der Waals surface area contributed by atoms with Gasteiger partial charge in [0.25, 0.3) is 0 Å². The molecule has 0 aliphatic heterocycles. The van der Waals surface area contributed by atoms with Crippen LogP contribution in [-0.4, -0.2) is 0 Å². The third kappa shape index (κ3) is 30.5. The van der Waals surface area contributed by atoms with Crippen molar-refractivity contribution in [3.8, 4) is 0 Å². The smallest absolute Gasteiger partial charge is 0.0154 e. The molecule has 4 aromatic carbocycles. The van der Waals surface area contributed by atoms with E-state index in [2.05, 4.69) is 149 Å².